The minimum Gasteiger partial charge on any atom is -0.489 e. The van der Waals surface area contributed by atoms with E-state index < -0.39 is 47.5 Å². The van der Waals surface area contributed by atoms with Gasteiger partial charge in [-0.25, -0.2) is 4.79 Å². The standard InChI is InChI=1S/C33H48N4O6/c1-8-22(4)28(31(40)35-26(29(34)38)18-21(2)3)37-30(39)27(36-32(41)43-33(5,6)7)19-23-14-16-25(17-15-23)42-20-24-12-10-9-11-13-24/h9-17,21-22,26-28H,8,18-20H2,1-7H3,(H2,34,38)(H,35,40)(H,36,41)(H,37,39)/t22-,26+,27-,28-/m1/s1. The largest absolute Gasteiger partial charge is 0.489 e. The van der Waals surface area contributed by atoms with Crippen molar-refractivity contribution >= 4 is 23.8 Å². The average Bonchev–Trinajstić information content (AvgIpc) is 2.93. The van der Waals surface area contributed by atoms with E-state index in [9.17, 15) is 19.2 Å². The minimum absolute atomic E-state index is 0.118. The van der Waals surface area contributed by atoms with E-state index in [1.54, 1.807) is 32.9 Å². The summed E-state index contributed by atoms with van der Waals surface area (Å²) < 4.78 is 11.3. The smallest absolute Gasteiger partial charge is 0.408 e. The number of carbonyl (C=O) groups is 4. The maximum absolute atomic E-state index is 13.6. The molecular weight excluding hydrogens is 548 g/mol. The monoisotopic (exact) mass is 596 g/mol. The zero-order valence-electron chi connectivity index (χ0n) is 26.4. The van der Waals surface area contributed by atoms with Crippen LogP contribution in [0.2, 0.25) is 0 Å². The van der Waals surface area contributed by atoms with Crippen molar-refractivity contribution in [2.75, 3.05) is 0 Å². The molecule has 0 radical (unpaired) electrons. The molecule has 0 spiro atoms. The minimum atomic E-state index is -1.05. The highest BCUT2D eigenvalue weighted by Crippen LogP contribution is 2.17. The van der Waals surface area contributed by atoms with Gasteiger partial charge in [0, 0.05) is 6.42 Å². The van der Waals surface area contributed by atoms with Crippen LogP contribution in [0.5, 0.6) is 5.75 Å². The highest BCUT2D eigenvalue weighted by Gasteiger charge is 2.33. The summed E-state index contributed by atoms with van der Waals surface area (Å²) >= 11 is 0. The van der Waals surface area contributed by atoms with Crippen LogP contribution in [0.3, 0.4) is 0 Å². The predicted molar refractivity (Wildman–Crippen MR) is 166 cm³/mol. The number of alkyl carbamates (subject to hydrolysis) is 1. The molecular formula is C33H48N4O6. The van der Waals surface area contributed by atoms with Gasteiger partial charge in [0.05, 0.1) is 0 Å². The maximum atomic E-state index is 13.6. The van der Waals surface area contributed by atoms with Gasteiger partial charge in [-0.2, -0.15) is 0 Å². The molecule has 4 atom stereocenters. The van der Waals surface area contributed by atoms with E-state index in [1.165, 1.54) is 0 Å². The second-order valence-corrected chi connectivity index (χ2v) is 12.3. The lowest BCUT2D eigenvalue weighted by Crippen LogP contribution is -2.58. The Hall–Kier alpha value is -4.08. The van der Waals surface area contributed by atoms with Crippen LogP contribution in [0.25, 0.3) is 0 Å². The summed E-state index contributed by atoms with van der Waals surface area (Å²) in [5.41, 5.74) is 6.56. The third-order valence-electron chi connectivity index (χ3n) is 6.78. The molecule has 0 saturated carbocycles. The molecule has 0 saturated heterocycles. The van der Waals surface area contributed by atoms with Gasteiger partial charge in [0.2, 0.25) is 17.7 Å². The van der Waals surface area contributed by atoms with Gasteiger partial charge in [0.15, 0.2) is 0 Å². The van der Waals surface area contributed by atoms with Gasteiger partial charge < -0.3 is 31.2 Å². The Morgan fingerprint density at radius 2 is 1.44 bits per heavy atom. The number of hydrogen-bond acceptors (Lipinski definition) is 6. The summed E-state index contributed by atoms with van der Waals surface area (Å²) in [6, 6.07) is 14.2. The molecule has 10 heteroatoms. The molecule has 0 heterocycles. The number of nitrogens with one attached hydrogen (secondary N) is 3. The van der Waals surface area contributed by atoms with Crippen LogP contribution in [0.1, 0.15) is 72.4 Å². The SMILES string of the molecule is CC[C@@H](C)[C@@H](NC(=O)[C@@H](Cc1ccc(OCc2ccccc2)cc1)NC(=O)OC(C)(C)C)C(=O)N[C@@H](CC(C)C)C(N)=O. The van der Waals surface area contributed by atoms with Gasteiger partial charge >= 0.3 is 6.09 Å². The van der Waals surface area contributed by atoms with Gasteiger partial charge in [-0.3, -0.25) is 14.4 Å². The first kappa shape index (κ1) is 35.1. The van der Waals surface area contributed by atoms with Gasteiger partial charge in [-0.1, -0.05) is 76.6 Å². The van der Waals surface area contributed by atoms with E-state index in [-0.39, 0.29) is 18.3 Å². The van der Waals surface area contributed by atoms with Crippen molar-refractivity contribution in [3.63, 3.8) is 0 Å². The number of nitrogens with two attached hydrogens (primary N) is 1. The average molecular weight is 597 g/mol. The Morgan fingerprint density at radius 3 is 1.98 bits per heavy atom. The first-order valence-electron chi connectivity index (χ1n) is 14.8. The molecule has 2 aromatic carbocycles. The molecule has 0 aliphatic carbocycles. The fourth-order valence-electron chi connectivity index (χ4n) is 4.29. The lowest BCUT2D eigenvalue weighted by atomic mass is 9.96. The fourth-order valence-corrected chi connectivity index (χ4v) is 4.29. The maximum Gasteiger partial charge on any atom is 0.408 e. The van der Waals surface area contributed by atoms with E-state index in [0.717, 1.165) is 11.1 Å². The Labute approximate surface area is 255 Å². The van der Waals surface area contributed by atoms with E-state index in [0.29, 0.717) is 25.2 Å². The molecule has 43 heavy (non-hydrogen) atoms. The van der Waals surface area contributed by atoms with E-state index in [1.807, 2.05) is 70.2 Å². The quantitative estimate of drug-likeness (QED) is 0.242. The number of benzene rings is 2. The molecule has 0 fully saturated rings. The predicted octanol–water partition coefficient (Wildman–Crippen LogP) is 4.25. The molecule has 0 bridgehead atoms. The van der Waals surface area contributed by atoms with Crippen LogP contribution in [0.4, 0.5) is 4.79 Å². The fraction of sp³-hybridized carbons (Fsp3) is 0.515. The van der Waals surface area contributed by atoms with E-state index >= 15 is 0 Å². The van der Waals surface area contributed by atoms with Crippen molar-refractivity contribution in [2.24, 2.45) is 17.6 Å². The summed E-state index contributed by atoms with van der Waals surface area (Å²) in [6.07, 6.45) is 0.329. The topological polar surface area (TPSA) is 149 Å². The summed E-state index contributed by atoms with van der Waals surface area (Å²) in [6.45, 7) is 13.2. The molecule has 4 amide bonds. The third-order valence-corrected chi connectivity index (χ3v) is 6.78. The van der Waals surface area contributed by atoms with Gasteiger partial charge in [0.25, 0.3) is 0 Å². The van der Waals surface area contributed by atoms with Crippen molar-refractivity contribution < 1.29 is 28.7 Å². The summed E-state index contributed by atoms with van der Waals surface area (Å²) in [5, 5.41) is 8.17. The third kappa shape index (κ3) is 12.8. The van der Waals surface area contributed by atoms with Crippen LogP contribution >= 0.6 is 0 Å². The van der Waals surface area contributed by atoms with Gasteiger partial charge in [-0.05, 0) is 62.3 Å². The van der Waals surface area contributed by atoms with Crippen LogP contribution in [0.15, 0.2) is 54.6 Å². The molecule has 0 aromatic heterocycles. The molecule has 2 aromatic rings. The highest BCUT2D eigenvalue weighted by molar-refractivity contribution is 5.93. The molecule has 236 valence electrons. The number of amides is 4. The molecule has 5 N–H and O–H groups in total. The highest BCUT2D eigenvalue weighted by atomic mass is 16.6. The zero-order valence-corrected chi connectivity index (χ0v) is 26.4. The molecule has 0 unspecified atom stereocenters. The second-order valence-electron chi connectivity index (χ2n) is 12.3. The van der Waals surface area contributed by atoms with Crippen LogP contribution in [-0.2, 0) is 32.1 Å². The first-order valence-corrected chi connectivity index (χ1v) is 14.8. The second kappa shape index (κ2) is 16.5. The van der Waals surface area contributed by atoms with E-state index in [2.05, 4.69) is 16.0 Å². The van der Waals surface area contributed by atoms with Crippen molar-refractivity contribution in [2.45, 2.75) is 98.1 Å². The molecule has 0 aliphatic heterocycles. The summed E-state index contributed by atoms with van der Waals surface area (Å²) in [5.74, 6) is -1.20. The Kier molecular flexibility index (Phi) is 13.5. The zero-order chi connectivity index (χ0) is 32.2. The normalized spacial score (nSPS) is 14.1. The number of carbonyl (C=O) groups excluding carboxylic acids is 4. The number of primary amides is 1. The molecule has 0 aliphatic rings. The molecule has 2 rings (SSSR count). The first-order chi connectivity index (χ1) is 20.2. The van der Waals surface area contributed by atoms with E-state index in [4.69, 9.17) is 15.2 Å². The van der Waals surface area contributed by atoms with Crippen molar-refractivity contribution in [1.29, 1.82) is 0 Å². The molecule has 10 nitrogen and oxygen atoms in total. The number of ether oxygens (including phenoxy) is 2. The van der Waals surface area contributed by atoms with Crippen LogP contribution < -0.4 is 26.4 Å². The Bertz CT molecular complexity index is 1190. The van der Waals surface area contributed by atoms with Gasteiger partial charge in [0.1, 0.15) is 36.1 Å². The number of rotatable bonds is 15. The Balaban J connectivity index is 2.22. The lowest BCUT2D eigenvalue weighted by molar-refractivity contribution is -0.133. The summed E-state index contributed by atoms with van der Waals surface area (Å²) in [4.78, 5) is 51.6. The number of hydrogen-bond donors (Lipinski definition) is 4. The van der Waals surface area contributed by atoms with Crippen molar-refractivity contribution in [1.82, 2.24) is 16.0 Å². The van der Waals surface area contributed by atoms with Crippen LogP contribution in [0, 0.1) is 11.8 Å². The lowest BCUT2D eigenvalue weighted by Gasteiger charge is -2.29. The van der Waals surface area contributed by atoms with Crippen LogP contribution in [-0.4, -0.2) is 47.5 Å². The Morgan fingerprint density at radius 1 is 0.814 bits per heavy atom. The van der Waals surface area contributed by atoms with Gasteiger partial charge in [-0.15, -0.1) is 0 Å². The van der Waals surface area contributed by atoms with Crippen molar-refractivity contribution in [3.8, 4) is 5.75 Å². The van der Waals surface area contributed by atoms with Crippen molar-refractivity contribution in [3.05, 3.63) is 65.7 Å². The summed E-state index contributed by atoms with van der Waals surface area (Å²) in [7, 11) is 0.